The fourth-order valence-corrected chi connectivity index (χ4v) is 4.33. The van der Waals surface area contributed by atoms with Crippen molar-refractivity contribution in [3.05, 3.63) is 112 Å². The standard InChI is InChI=1S/C34H31ClN2O6/c1-3-40-31-18-24(10-15-30(31)42-21-23-8-6-5-7-9-23)22-43-33-29(35)17-25(19-32(33)41-4-2)16-26(20-36)34(39)37-27-11-13-28(38)14-12-27/h5-19,38H,3-4,21-22H2,1-2H3,(H,37,39)/b26-16+. The molecule has 4 aromatic carbocycles. The molecule has 0 bridgehead atoms. The topological polar surface area (TPSA) is 110 Å². The van der Waals surface area contributed by atoms with Gasteiger partial charge in [0.1, 0.15) is 30.6 Å². The zero-order chi connectivity index (χ0) is 30.6. The van der Waals surface area contributed by atoms with Crippen LogP contribution < -0.4 is 24.3 Å². The predicted molar refractivity (Wildman–Crippen MR) is 166 cm³/mol. The number of carbonyl (C=O) groups excluding carboxylic acids is 1. The Morgan fingerprint density at radius 1 is 0.837 bits per heavy atom. The Hall–Kier alpha value is -5.13. The molecule has 0 aliphatic carbocycles. The molecular weight excluding hydrogens is 568 g/mol. The van der Waals surface area contributed by atoms with Crippen molar-refractivity contribution in [3.8, 4) is 34.8 Å². The minimum atomic E-state index is -0.608. The summed E-state index contributed by atoms with van der Waals surface area (Å²) >= 11 is 6.61. The Labute approximate surface area is 255 Å². The van der Waals surface area contributed by atoms with Gasteiger partial charge in [-0.3, -0.25) is 4.79 Å². The number of nitrogens with zero attached hydrogens (tertiary/aromatic N) is 1. The molecule has 1 amide bonds. The van der Waals surface area contributed by atoms with E-state index in [0.29, 0.717) is 54.1 Å². The molecule has 0 spiro atoms. The first-order valence-electron chi connectivity index (χ1n) is 13.6. The van der Waals surface area contributed by atoms with Gasteiger partial charge in [0.25, 0.3) is 5.91 Å². The largest absolute Gasteiger partial charge is 0.508 e. The number of rotatable bonds is 13. The molecule has 4 aromatic rings. The van der Waals surface area contributed by atoms with Crippen molar-refractivity contribution in [1.29, 1.82) is 5.26 Å². The lowest BCUT2D eigenvalue weighted by molar-refractivity contribution is -0.112. The maximum absolute atomic E-state index is 12.7. The molecule has 0 radical (unpaired) electrons. The number of ether oxygens (including phenoxy) is 4. The zero-order valence-electron chi connectivity index (χ0n) is 23.8. The van der Waals surface area contributed by atoms with E-state index < -0.39 is 5.91 Å². The highest BCUT2D eigenvalue weighted by atomic mass is 35.5. The van der Waals surface area contributed by atoms with Crippen LogP contribution in [0.2, 0.25) is 5.02 Å². The minimum Gasteiger partial charge on any atom is -0.508 e. The van der Waals surface area contributed by atoms with E-state index in [1.165, 1.54) is 30.3 Å². The van der Waals surface area contributed by atoms with Gasteiger partial charge in [0.05, 0.1) is 18.2 Å². The number of aromatic hydroxyl groups is 1. The van der Waals surface area contributed by atoms with Crippen LogP contribution in [0.4, 0.5) is 5.69 Å². The van der Waals surface area contributed by atoms with Crippen molar-refractivity contribution in [2.24, 2.45) is 0 Å². The molecule has 4 rings (SSSR count). The first-order chi connectivity index (χ1) is 20.9. The van der Waals surface area contributed by atoms with Gasteiger partial charge in [0.15, 0.2) is 23.0 Å². The van der Waals surface area contributed by atoms with Crippen molar-refractivity contribution in [3.63, 3.8) is 0 Å². The van der Waals surface area contributed by atoms with E-state index >= 15 is 0 Å². The highest BCUT2D eigenvalue weighted by Gasteiger charge is 2.16. The number of amides is 1. The van der Waals surface area contributed by atoms with Crippen LogP contribution in [0, 0.1) is 11.3 Å². The monoisotopic (exact) mass is 598 g/mol. The fourth-order valence-electron chi connectivity index (χ4n) is 4.05. The molecule has 8 nitrogen and oxygen atoms in total. The predicted octanol–water partition coefficient (Wildman–Crippen LogP) is 7.55. The third-order valence-electron chi connectivity index (χ3n) is 6.06. The molecule has 0 saturated heterocycles. The van der Waals surface area contributed by atoms with E-state index in [2.05, 4.69) is 5.32 Å². The van der Waals surface area contributed by atoms with Crippen LogP contribution in [-0.4, -0.2) is 24.2 Å². The Bertz CT molecular complexity index is 1610. The number of hydrogen-bond acceptors (Lipinski definition) is 7. The van der Waals surface area contributed by atoms with Crippen LogP contribution in [0.3, 0.4) is 0 Å². The van der Waals surface area contributed by atoms with Gasteiger partial charge < -0.3 is 29.4 Å². The van der Waals surface area contributed by atoms with Crippen LogP contribution in [0.5, 0.6) is 28.7 Å². The van der Waals surface area contributed by atoms with Crippen molar-refractivity contribution in [2.45, 2.75) is 27.1 Å². The van der Waals surface area contributed by atoms with Crippen molar-refractivity contribution in [1.82, 2.24) is 0 Å². The smallest absolute Gasteiger partial charge is 0.266 e. The Balaban J connectivity index is 1.50. The van der Waals surface area contributed by atoms with E-state index in [1.807, 2.05) is 68.4 Å². The van der Waals surface area contributed by atoms with Gasteiger partial charge in [-0.15, -0.1) is 0 Å². The van der Waals surface area contributed by atoms with E-state index in [9.17, 15) is 15.2 Å². The lowest BCUT2D eigenvalue weighted by Gasteiger charge is -2.16. The SMILES string of the molecule is CCOc1cc(COc2c(Cl)cc(/C=C(\C#N)C(=O)Nc3ccc(O)cc3)cc2OCC)ccc1OCc1ccccc1. The number of phenols is 1. The molecule has 0 saturated carbocycles. The summed E-state index contributed by atoms with van der Waals surface area (Å²) in [5.41, 5.74) is 2.66. The lowest BCUT2D eigenvalue weighted by atomic mass is 10.1. The molecule has 0 aliphatic rings. The number of halogens is 1. The van der Waals surface area contributed by atoms with Gasteiger partial charge in [-0.2, -0.15) is 5.26 Å². The van der Waals surface area contributed by atoms with Crippen LogP contribution >= 0.6 is 11.6 Å². The number of nitrogens with one attached hydrogen (secondary N) is 1. The maximum Gasteiger partial charge on any atom is 0.266 e. The second-order valence-corrected chi connectivity index (χ2v) is 9.62. The number of phenolic OH excluding ortho intramolecular Hbond substituents is 1. The van der Waals surface area contributed by atoms with Crippen molar-refractivity contribution < 1.29 is 28.8 Å². The van der Waals surface area contributed by atoms with Crippen molar-refractivity contribution in [2.75, 3.05) is 18.5 Å². The summed E-state index contributed by atoms with van der Waals surface area (Å²) in [5.74, 6) is 1.38. The van der Waals surface area contributed by atoms with Crippen molar-refractivity contribution >= 4 is 29.3 Å². The third-order valence-corrected chi connectivity index (χ3v) is 6.34. The van der Waals surface area contributed by atoms with Crippen LogP contribution in [0.15, 0.2) is 90.5 Å². The maximum atomic E-state index is 12.7. The van der Waals surface area contributed by atoms with Gasteiger partial charge in [-0.05, 0) is 85.1 Å². The molecular formula is C34H31ClN2O6. The first-order valence-corrected chi connectivity index (χ1v) is 14.0. The van der Waals surface area contributed by atoms with E-state index in [0.717, 1.165) is 11.1 Å². The van der Waals surface area contributed by atoms with Gasteiger partial charge in [-0.1, -0.05) is 48.0 Å². The Morgan fingerprint density at radius 3 is 2.23 bits per heavy atom. The van der Waals surface area contributed by atoms with Crippen LogP contribution in [0.1, 0.15) is 30.5 Å². The van der Waals surface area contributed by atoms with Crippen LogP contribution in [0.25, 0.3) is 6.08 Å². The molecule has 43 heavy (non-hydrogen) atoms. The summed E-state index contributed by atoms with van der Waals surface area (Å²) < 4.78 is 23.7. The molecule has 0 atom stereocenters. The summed E-state index contributed by atoms with van der Waals surface area (Å²) in [7, 11) is 0. The highest BCUT2D eigenvalue weighted by molar-refractivity contribution is 6.32. The quantitative estimate of drug-likeness (QED) is 0.0928. The second-order valence-electron chi connectivity index (χ2n) is 9.21. The summed E-state index contributed by atoms with van der Waals surface area (Å²) in [5, 5.41) is 22.0. The van der Waals surface area contributed by atoms with Gasteiger partial charge in [0.2, 0.25) is 0 Å². The highest BCUT2D eigenvalue weighted by Crippen LogP contribution is 2.38. The lowest BCUT2D eigenvalue weighted by Crippen LogP contribution is -2.13. The molecule has 9 heteroatoms. The van der Waals surface area contributed by atoms with Crippen LogP contribution in [-0.2, 0) is 18.0 Å². The number of benzene rings is 4. The minimum absolute atomic E-state index is 0.0639. The molecule has 2 N–H and O–H groups in total. The average molecular weight is 599 g/mol. The summed E-state index contributed by atoms with van der Waals surface area (Å²) in [6.45, 7) is 5.13. The number of anilines is 1. The molecule has 220 valence electrons. The van der Waals surface area contributed by atoms with E-state index in [-0.39, 0.29) is 23.0 Å². The molecule has 0 heterocycles. The molecule has 0 unspecified atom stereocenters. The summed E-state index contributed by atoms with van der Waals surface area (Å²) in [6.07, 6.45) is 1.41. The number of hydrogen-bond donors (Lipinski definition) is 2. The third kappa shape index (κ3) is 8.68. The fraction of sp³-hybridized carbons (Fsp3) is 0.176. The molecule has 0 aliphatic heterocycles. The zero-order valence-corrected chi connectivity index (χ0v) is 24.6. The molecule has 0 aromatic heterocycles. The normalized spacial score (nSPS) is 10.9. The Morgan fingerprint density at radius 2 is 1.53 bits per heavy atom. The summed E-state index contributed by atoms with van der Waals surface area (Å²) in [6, 6.07) is 26.6. The van der Waals surface area contributed by atoms with E-state index in [4.69, 9.17) is 30.5 Å². The number of carbonyl (C=O) groups is 1. The van der Waals surface area contributed by atoms with Gasteiger partial charge >= 0.3 is 0 Å². The number of nitriles is 1. The Kier molecular flexibility index (Phi) is 10.9. The van der Waals surface area contributed by atoms with E-state index in [1.54, 1.807) is 12.1 Å². The first kappa shape index (κ1) is 30.8. The van der Waals surface area contributed by atoms with Gasteiger partial charge in [-0.25, -0.2) is 0 Å². The van der Waals surface area contributed by atoms with Gasteiger partial charge in [0, 0.05) is 5.69 Å². The average Bonchev–Trinajstić information content (AvgIpc) is 3.01. The second kappa shape index (κ2) is 15.2. The molecule has 0 fully saturated rings. The summed E-state index contributed by atoms with van der Waals surface area (Å²) in [4.78, 5) is 12.7.